The summed E-state index contributed by atoms with van der Waals surface area (Å²) in [5.41, 5.74) is 1.40. The van der Waals surface area contributed by atoms with E-state index in [2.05, 4.69) is 20.2 Å². The molecule has 7 heteroatoms. The van der Waals surface area contributed by atoms with Gasteiger partial charge < -0.3 is 19.7 Å². The molecule has 1 atom stereocenters. The molecule has 1 aromatic heterocycles. The minimum absolute atomic E-state index is 0.0637. The zero-order chi connectivity index (χ0) is 22.3. The summed E-state index contributed by atoms with van der Waals surface area (Å²) in [4.78, 5) is 23.7. The van der Waals surface area contributed by atoms with Crippen LogP contribution in [0.5, 0.6) is 11.5 Å². The van der Waals surface area contributed by atoms with Crippen LogP contribution in [0.15, 0.2) is 36.8 Å². The van der Waals surface area contributed by atoms with E-state index in [1.165, 1.54) is 25.7 Å². The number of carbonyl (C=O) groups is 1. The van der Waals surface area contributed by atoms with E-state index in [1.54, 1.807) is 37.8 Å². The van der Waals surface area contributed by atoms with Gasteiger partial charge in [-0.15, -0.1) is 0 Å². The predicted octanol–water partition coefficient (Wildman–Crippen LogP) is 3.63. The Morgan fingerprint density at radius 2 is 1.94 bits per heavy atom. The standard InChI is InChI=1S/C25H34N4O3/c1-18(15-20-17-26-11-12-27-20)28-25(30)19-7-8-23(24(16-19)31-2)32-22-9-13-29(14-10-22)21-5-3-4-6-21/h7-8,11-12,16-18,21-22H,3-6,9-10,13-15H2,1-2H3,(H,28,30). The summed E-state index contributed by atoms with van der Waals surface area (Å²) < 4.78 is 11.8. The zero-order valence-corrected chi connectivity index (χ0v) is 19.1. The number of ether oxygens (including phenoxy) is 2. The first-order valence-corrected chi connectivity index (χ1v) is 11.8. The average Bonchev–Trinajstić information content (AvgIpc) is 3.35. The number of likely N-dealkylation sites (tertiary alicyclic amines) is 1. The van der Waals surface area contributed by atoms with Crippen LogP contribution in [0.1, 0.15) is 61.5 Å². The molecule has 1 saturated carbocycles. The number of benzene rings is 1. The molecule has 0 bridgehead atoms. The number of aromatic nitrogens is 2. The average molecular weight is 439 g/mol. The van der Waals surface area contributed by atoms with Gasteiger partial charge in [0.2, 0.25) is 0 Å². The van der Waals surface area contributed by atoms with Gasteiger partial charge in [0.25, 0.3) is 5.91 Å². The smallest absolute Gasteiger partial charge is 0.251 e. The van der Waals surface area contributed by atoms with Crippen molar-refractivity contribution in [3.8, 4) is 11.5 Å². The van der Waals surface area contributed by atoms with Crippen LogP contribution < -0.4 is 14.8 Å². The third-order valence-electron chi connectivity index (χ3n) is 6.55. The molecule has 7 nitrogen and oxygen atoms in total. The van der Waals surface area contributed by atoms with Gasteiger partial charge in [-0.25, -0.2) is 0 Å². The van der Waals surface area contributed by atoms with E-state index in [9.17, 15) is 4.79 Å². The van der Waals surface area contributed by atoms with Crippen molar-refractivity contribution in [2.75, 3.05) is 20.2 Å². The highest BCUT2D eigenvalue weighted by Crippen LogP contribution is 2.32. The van der Waals surface area contributed by atoms with Crippen LogP contribution in [-0.4, -0.2) is 59.2 Å². The highest BCUT2D eigenvalue weighted by Gasteiger charge is 2.28. The van der Waals surface area contributed by atoms with Crippen LogP contribution >= 0.6 is 0 Å². The quantitative estimate of drug-likeness (QED) is 0.678. The van der Waals surface area contributed by atoms with Gasteiger partial charge >= 0.3 is 0 Å². The van der Waals surface area contributed by atoms with Gasteiger partial charge in [0.15, 0.2) is 11.5 Å². The van der Waals surface area contributed by atoms with Crippen molar-refractivity contribution < 1.29 is 14.3 Å². The fourth-order valence-electron chi connectivity index (χ4n) is 4.82. The number of methoxy groups -OCH3 is 1. The van der Waals surface area contributed by atoms with E-state index >= 15 is 0 Å². The Morgan fingerprint density at radius 1 is 1.16 bits per heavy atom. The number of amides is 1. The molecular formula is C25H34N4O3. The minimum atomic E-state index is -0.142. The number of rotatable bonds is 8. The second-order valence-electron chi connectivity index (χ2n) is 8.93. The van der Waals surface area contributed by atoms with E-state index < -0.39 is 0 Å². The van der Waals surface area contributed by atoms with Crippen LogP contribution in [-0.2, 0) is 6.42 Å². The number of nitrogens with zero attached hydrogens (tertiary/aromatic N) is 3. The van der Waals surface area contributed by atoms with Crippen molar-refractivity contribution in [1.82, 2.24) is 20.2 Å². The van der Waals surface area contributed by atoms with Gasteiger partial charge in [-0.2, -0.15) is 0 Å². The van der Waals surface area contributed by atoms with E-state index in [1.807, 2.05) is 13.0 Å². The molecule has 32 heavy (non-hydrogen) atoms. The van der Waals surface area contributed by atoms with Crippen LogP contribution in [0, 0.1) is 0 Å². The number of hydrogen-bond acceptors (Lipinski definition) is 6. The van der Waals surface area contributed by atoms with Crippen molar-refractivity contribution in [2.24, 2.45) is 0 Å². The first kappa shape index (κ1) is 22.5. The summed E-state index contributed by atoms with van der Waals surface area (Å²) >= 11 is 0. The molecule has 172 valence electrons. The van der Waals surface area contributed by atoms with Gasteiger partial charge in [0, 0.05) is 55.7 Å². The van der Waals surface area contributed by atoms with Crippen molar-refractivity contribution in [3.63, 3.8) is 0 Å². The number of piperidine rings is 1. The van der Waals surface area contributed by atoms with Gasteiger partial charge in [-0.1, -0.05) is 12.8 Å². The van der Waals surface area contributed by atoms with Gasteiger partial charge in [-0.3, -0.25) is 14.8 Å². The molecule has 2 aromatic rings. The molecule has 1 aromatic carbocycles. The largest absolute Gasteiger partial charge is 0.493 e. The molecule has 2 heterocycles. The second kappa shape index (κ2) is 10.8. The number of carbonyl (C=O) groups excluding carboxylic acids is 1. The van der Waals surface area contributed by atoms with Gasteiger partial charge in [0.1, 0.15) is 6.10 Å². The Balaban J connectivity index is 1.31. The first-order valence-electron chi connectivity index (χ1n) is 11.8. The molecule has 1 aliphatic carbocycles. The highest BCUT2D eigenvalue weighted by molar-refractivity contribution is 5.95. The maximum absolute atomic E-state index is 12.7. The Hall–Kier alpha value is -2.67. The molecular weight excluding hydrogens is 404 g/mol. The summed E-state index contributed by atoms with van der Waals surface area (Å²) in [6, 6.07) is 6.12. The number of nitrogens with one attached hydrogen (secondary N) is 1. The van der Waals surface area contributed by atoms with Crippen LogP contribution in [0.4, 0.5) is 0 Å². The molecule has 1 amide bonds. The monoisotopic (exact) mass is 438 g/mol. The number of hydrogen-bond donors (Lipinski definition) is 1. The van der Waals surface area contributed by atoms with Crippen LogP contribution in [0.3, 0.4) is 0 Å². The fourth-order valence-corrected chi connectivity index (χ4v) is 4.82. The third kappa shape index (κ3) is 5.76. The lowest BCUT2D eigenvalue weighted by Gasteiger charge is -2.36. The maximum atomic E-state index is 12.7. The molecule has 2 aliphatic rings. The topological polar surface area (TPSA) is 76.6 Å². The lowest BCUT2D eigenvalue weighted by molar-refractivity contribution is 0.0750. The highest BCUT2D eigenvalue weighted by atomic mass is 16.5. The zero-order valence-electron chi connectivity index (χ0n) is 19.1. The Bertz CT molecular complexity index is 878. The summed E-state index contributed by atoms with van der Waals surface area (Å²) in [5.74, 6) is 1.16. The van der Waals surface area contributed by atoms with Gasteiger partial charge in [-0.05, 0) is 50.8 Å². The summed E-state index contributed by atoms with van der Waals surface area (Å²) in [5, 5.41) is 3.02. The normalized spacial score (nSPS) is 18.9. The van der Waals surface area contributed by atoms with Crippen LogP contribution in [0.2, 0.25) is 0 Å². The lowest BCUT2D eigenvalue weighted by atomic mass is 10.0. The summed E-state index contributed by atoms with van der Waals surface area (Å²) in [6.07, 6.45) is 13.3. The third-order valence-corrected chi connectivity index (χ3v) is 6.55. The minimum Gasteiger partial charge on any atom is -0.493 e. The van der Waals surface area contributed by atoms with E-state index in [0.717, 1.165) is 37.7 Å². The SMILES string of the molecule is COc1cc(C(=O)NC(C)Cc2cnccn2)ccc1OC1CCN(C2CCCC2)CC1. The fraction of sp³-hybridized carbons (Fsp3) is 0.560. The van der Waals surface area contributed by atoms with E-state index in [-0.39, 0.29) is 18.1 Å². The molecule has 4 rings (SSSR count). The lowest BCUT2D eigenvalue weighted by Crippen LogP contribution is -2.43. The molecule has 1 unspecified atom stereocenters. The van der Waals surface area contributed by atoms with E-state index in [0.29, 0.717) is 23.5 Å². The predicted molar refractivity (Wildman–Crippen MR) is 123 cm³/mol. The molecule has 1 saturated heterocycles. The Morgan fingerprint density at radius 3 is 2.62 bits per heavy atom. The van der Waals surface area contributed by atoms with E-state index in [4.69, 9.17) is 9.47 Å². The summed E-state index contributed by atoms with van der Waals surface area (Å²) in [6.45, 7) is 4.16. The maximum Gasteiger partial charge on any atom is 0.251 e. The molecule has 1 N–H and O–H groups in total. The molecule has 1 aliphatic heterocycles. The Labute approximate surface area is 190 Å². The van der Waals surface area contributed by atoms with Crippen molar-refractivity contribution in [3.05, 3.63) is 48.0 Å². The molecule has 0 spiro atoms. The molecule has 2 fully saturated rings. The van der Waals surface area contributed by atoms with Crippen molar-refractivity contribution in [1.29, 1.82) is 0 Å². The first-order chi connectivity index (χ1) is 15.6. The second-order valence-corrected chi connectivity index (χ2v) is 8.93. The summed E-state index contributed by atoms with van der Waals surface area (Å²) in [7, 11) is 1.61. The molecule has 0 radical (unpaired) electrons. The van der Waals surface area contributed by atoms with Crippen LogP contribution in [0.25, 0.3) is 0 Å². The van der Waals surface area contributed by atoms with Crippen molar-refractivity contribution >= 4 is 5.91 Å². The Kier molecular flexibility index (Phi) is 7.58. The van der Waals surface area contributed by atoms with Crippen molar-refractivity contribution in [2.45, 2.75) is 70.1 Å². The van der Waals surface area contributed by atoms with Gasteiger partial charge in [0.05, 0.1) is 12.8 Å².